The van der Waals surface area contributed by atoms with Gasteiger partial charge in [0.05, 0.1) is 5.88 Å². The Balaban J connectivity index is 2.50. The van der Waals surface area contributed by atoms with Crippen molar-refractivity contribution in [3.63, 3.8) is 0 Å². The Morgan fingerprint density at radius 2 is 2.33 bits per heavy atom. The predicted molar refractivity (Wildman–Crippen MR) is 56.6 cm³/mol. The normalized spacial score (nSPS) is 30.0. The highest BCUT2D eigenvalue weighted by Crippen LogP contribution is 2.18. The van der Waals surface area contributed by atoms with Crippen LogP contribution in [0.25, 0.3) is 0 Å². The number of nitrogens with one attached hydrogen (secondary N) is 1. The van der Waals surface area contributed by atoms with Crippen molar-refractivity contribution in [3.8, 4) is 0 Å². The second kappa shape index (κ2) is 4.75. The van der Waals surface area contributed by atoms with Gasteiger partial charge in [0.25, 0.3) is 0 Å². The van der Waals surface area contributed by atoms with E-state index >= 15 is 0 Å². The highest BCUT2D eigenvalue weighted by Gasteiger charge is 2.11. The van der Waals surface area contributed by atoms with Crippen LogP contribution in [-0.2, 0) is 0 Å². The Morgan fingerprint density at radius 1 is 1.58 bits per heavy atom. The number of rotatable bonds is 1. The van der Waals surface area contributed by atoms with Crippen LogP contribution in [0.4, 0.5) is 0 Å². The Kier molecular flexibility index (Phi) is 3.92. The van der Waals surface area contributed by atoms with E-state index in [1.54, 1.807) is 0 Å². The first-order valence-electron chi connectivity index (χ1n) is 4.61. The minimum absolute atomic E-state index is 0.591. The van der Waals surface area contributed by atoms with Crippen LogP contribution in [-0.4, -0.2) is 16.8 Å². The summed E-state index contributed by atoms with van der Waals surface area (Å²) in [5.41, 5.74) is 4.42. The summed E-state index contributed by atoms with van der Waals surface area (Å²) in [5.74, 6) is 1.55. The molecule has 0 spiro atoms. The van der Waals surface area contributed by atoms with Gasteiger partial charge in [0.15, 0.2) is 0 Å². The third kappa shape index (κ3) is 3.05. The molecule has 70 valence electrons. The summed E-state index contributed by atoms with van der Waals surface area (Å²) in [7, 11) is 0. The largest absolute Gasteiger partial charge is 0.300 e. The highest BCUT2D eigenvalue weighted by molar-refractivity contribution is 7.99. The van der Waals surface area contributed by atoms with Gasteiger partial charge in [-0.25, -0.2) is 0 Å². The van der Waals surface area contributed by atoms with E-state index in [0.29, 0.717) is 5.92 Å². The molecule has 0 radical (unpaired) electrons. The molecule has 0 aromatic carbocycles. The van der Waals surface area contributed by atoms with Crippen LogP contribution < -0.4 is 5.43 Å². The van der Waals surface area contributed by atoms with E-state index < -0.39 is 0 Å². The van der Waals surface area contributed by atoms with Crippen molar-refractivity contribution >= 4 is 17.5 Å². The molecule has 0 saturated heterocycles. The van der Waals surface area contributed by atoms with Crippen molar-refractivity contribution in [3.05, 3.63) is 0 Å². The molecule has 0 saturated carbocycles. The standard InChI is InChI=1S/C9H18N2S/c1-7(2)9-5-4-8(3)12-6-10-11-9/h7-8,10H,4-6H2,1-3H3/b11-9+. The molecule has 0 amide bonds. The molecule has 0 aromatic heterocycles. The van der Waals surface area contributed by atoms with Crippen LogP contribution in [0.3, 0.4) is 0 Å². The van der Waals surface area contributed by atoms with E-state index in [1.165, 1.54) is 12.1 Å². The third-order valence-electron chi connectivity index (χ3n) is 2.13. The van der Waals surface area contributed by atoms with E-state index in [1.807, 2.05) is 11.8 Å². The van der Waals surface area contributed by atoms with Gasteiger partial charge in [-0.15, -0.1) is 11.8 Å². The fraction of sp³-hybridized carbons (Fsp3) is 0.889. The second-order valence-electron chi connectivity index (χ2n) is 3.58. The van der Waals surface area contributed by atoms with Gasteiger partial charge >= 0.3 is 0 Å². The van der Waals surface area contributed by atoms with E-state index in [0.717, 1.165) is 17.5 Å². The van der Waals surface area contributed by atoms with Crippen LogP contribution in [0, 0.1) is 5.92 Å². The monoisotopic (exact) mass is 186 g/mol. The van der Waals surface area contributed by atoms with Crippen molar-refractivity contribution in [2.24, 2.45) is 11.0 Å². The molecule has 1 N–H and O–H groups in total. The number of nitrogens with zero attached hydrogens (tertiary/aromatic N) is 1. The van der Waals surface area contributed by atoms with E-state index in [2.05, 4.69) is 31.3 Å². The Hall–Kier alpha value is -0.180. The zero-order valence-electron chi connectivity index (χ0n) is 8.13. The number of hydrazone groups is 1. The van der Waals surface area contributed by atoms with Gasteiger partial charge in [-0.3, -0.25) is 0 Å². The first-order chi connectivity index (χ1) is 5.70. The minimum Gasteiger partial charge on any atom is -0.300 e. The van der Waals surface area contributed by atoms with Crippen molar-refractivity contribution in [2.45, 2.75) is 38.9 Å². The average Bonchev–Trinajstić information content (AvgIpc) is 1.97. The first kappa shape index (κ1) is 9.90. The smallest absolute Gasteiger partial charge is 0.0786 e. The molecule has 1 aliphatic heterocycles. The van der Waals surface area contributed by atoms with Crippen LogP contribution >= 0.6 is 11.8 Å². The van der Waals surface area contributed by atoms with Gasteiger partial charge < -0.3 is 5.43 Å². The van der Waals surface area contributed by atoms with Crippen LogP contribution in [0.2, 0.25) is 0 Å². The van der Waals surface area contributed by atoms with Gasteiger partial charge in [-0.05, 0) is 18.8 Å². The second-order valence-corrected chi connectivity index (χ2v) is 5.00. The third-order valence-corrected chi connectivity index (χ3v) is 3.23. The van der Waals surface area contributed by atoms with E-state index in [-0.39, 0.29) is 0 Å². The molecule has 1 heterocycles. The zero-order valence-corrected chi connectivity index (χ0v) is 8.95. The van der Waals surface area contributed by atoms with Crippen molar-refractivity contribution in [2.75, 3.05) is 5.88 Å². The topological polar surface area (TPSA) is 24.4 Å². The lowest BCUT2D eigenvalue weighted by atomic mass is 10.0. The molecular weight excluding hydrogens is 168 g/mol. The maximum atomic E-state index is 4.36. The zero-order chi connectivity index (χ0) is 8.97. The molecule has 1 atom stereocenters. The summed E-state index contributed by atoms with van der Waals surface area (Å²) >= 11 is 1.95. The van der Waals surface area contributed by atoms with Crippen molar-refractivity contribution in [1.29, 1.82) is 0 Å². The minimum atomic E-state index is 0.591. The molecule has 12 heavy (non-hydrogen) atoms. The molecule has 1 unspecified atom stereocenters. The Labute approximate surface area is 79.2 Å². The Bertz CT molecular complexity index is 166. The molecule has 2 nitrogen and oxygen atoms in total. The maximum Gasteiger partial charge on any atom is 0.0786 e. The molecule has 1 aliphatic rings. The van der Waals surface area contributed by atoms with Gasteiger partial charge in [0, 0.05) is 11.0 Å². The van der Waals surface area contributed by atoms with E-state index in [9.17, 15) is 0 Å². The number of hydrogen-bond acceptors (Lipinski definition) is 3. The number of thioether (sulfide) groups is 1. The fourth-order valence-corrected chi connectivity index (χ4v) is 1.93. The molecule has 0 aromatic rings. The van der Waals surface area contributed by atoms with Crippen LogP contribution in [0.15, 0.2) is 5.10 Å². The summed E-state index contributed by atoms with van der Waals surface area (Å²) in [6.07, 6.45) is 2.42. The summed E-state index contributed by atoms with van der Waals surface area (Å²) in [4.78, 5) is 0. The van der Waals surface area contributed by atoms with Crippen LogP contribution in [0.1, 0.15) is 33.6 Å². The molecule has 0 aliphatic carbocycles. The molecule has 1 rings (SSSR count). The van der Waals surface area contributed by atoms with Gasteiger partial charge in [-0.2, -0.15) is 5.10 Å². The summed E-state index contributed by atoms with van der Waals surface area (Å²) in [6, 6.07) is 0. The fourth-order valence-electron chi connectivity index (χ4n) is 1.22. The molecule has 3 heteroatoms. The molecule has 0 fully saturated rings. The maximum absolute atomic E-state index is 4.36. The number of hydrogen-bond donors (Lipinski definition) is 1. The van der Waals surface area contributed by atoms with Gasteiger partial charge in [-0.1, -0.05) is 20.8 Å². The van der Waals surface area contributed by atoms with Crippen molar-refractivity contribution in [1.82, 2.24) is 5.43 Å². The lowest BCUT2D eigenvalue weighted by molar-refractivity contribution is 0.738. The summed E-state index contributed by atoms with van der Waals surface area (Å²) in [5, 5.41) is 5.13. The summed E-state index contributed by atoms with van der Waals surface area (Å²) < 4.78 is 0. The first-order valence-corrected chi connectivity index (χ1v) is 5.66. The Morgan fingerprint density at radius 3 is 3.00 bits per heavy atom. The average molecular weight is 186 g/mol. The van der Waals surface area contributed by atoms with Gasteiger partial charge in [0.2, 0.25) is 0 Å². The molecular formula is C9H18N2S. The predicted octanol–water partition coefficient (Wildman–Crippen LogP) is 2.46. The molecule has 0 bridgehead atoms. The lowest BCUT2D eigenvalue weighted by Gasteiger charge is -2.18. The van der Waals surface area contributed by atoms with Crippen molar-refractivity contribution < 1.29 is 0 Å². The van der Waals surface area contributed by atoms with Gasteiger partial charge in [0.1, 0.15) is 0 Å². The summed E-state index contributed by atoms with van der Waals surface area (Å²) in [6.45, 7) is 6.70. The van der Waals surface area contributed by atoms with E-state index in [4.69, 9.17) is 0 Å². The van der Waals surface area contributed by atoms with Crippen LogP contribution in [0.5, 0.6) is 0 Å². The highest BCUT2D eigenvalue weighted by atomic mass is 32.2. The lowest BCUT2D eigenvalue weighted by Crippen LogP contribution is -2.20. The quantitative estimate of drug-likeness (QED) is 0.680. The SMILES string of the molecule is CC1CC/C(C(C)C)=N\NCS1.